The van der Waals surface area contributed by atoms with Gasteiger partial charge in [0.25, 0.3) is 0 Å². The van der Waals surface area contributed by atoms with Crippen LogP contribution in [0.1, 0.15) is 64.2 Å². The summed E-state index contributed by atoms with van der Waals surface area (Å²) in [5, 5.41) is 16.6. The summed E-state index contributed by atoms with van der Waals surface area (Å²) in [6, 6.07) is 0.605. The van der Waals surface area contributed by atoms with Gasteiger partial charge in [-0.2, -0.15) is 0 Å². The molecule has 0 amide bonds. The molecular formula is C17H32N6S. The average Bonchev–Trinajstić information content (AvgIpc) is 3.24. The second-order valence-corrected chi connectivity index (χ2v) is 6.98. The van der Waals surface area contributed by atoms with Crippen LogP contribution >= 0.6 is 11.8 Å². The Balaban J connectivity index is 1.86. The van der Waals surface area contributed by atoms with Gasteiger partial charge in [0.05, 0.1) is 0 Å². The molecule has 1 saturated carbocycles. The van der Waals surface area contributed by atoms with Gasteiger partial charge < -0.3 is 15.2 Å². The molecule has 0 radical (unpaired) electrons. The fraction of sp³-hybridized carbons (Fsp3) is 0.824. The molecule has 0 atom stereocenters. The minimum absolute atomic E-state index is 0.605. The third-order valence-electron chi connectivity index (χ3n) is 4.31. The highest BCUT2D eigenvalue weighted by molar-refractivity contribution is 7.98. The molecule has 0 aliphatic heterocycles. The molecular weight excluding hydrogens is 320 g/mol. The van der Waals surface area contributed by atoms with E-state index in [9.17, 15) is 0 Å². The molecule has 2 rings (SSSR count). The monoisotopic (exact) mass is 352 g/mol. The number of nitrogens with zero attached hydrogens (tertiary/aromatic N) is 4. The lowest BCUT2D eigenvalue weighted by Gasteiger charge is -2.16. The zero-order valence-electron chi connectivity index (χ0n) is 15.3. The van der Waals surface area contributed by atoms with E-state index in [4.69, 9.17) is 0 Å². The number of thioether (sulfide) groups is 1. The Morgan fingerprint density at radius 2 is 2.04 bits per heavy atom. The van der Waals surface area contributed by atoms with Crippen molar-refractivity contribution in [2.75, 3.05) is 25.9 Å². The number of hydrogen-bond donors (Lipinski definition) is 2. The van der Waals surface area contributed by atoms with E-state index in [1.807, 2.05) is 0 Å². The number of guanidine groups is 1. The molecule has 0 bridgehead atoms. The van der Waals surface area contributed by atoms with E-state index < -0.39 is 0 Å². The van der Waals surface area contributed by atoms with Crippen molar-refractivity contribution in [3.05, 3.63) is 5.82 Å². The Morgan fingerprint density at radius 3 is 2.71 bits per heavy atom. The molecule has 2 N–H and O–H groups in total. The van der Waals surface area contributed by atoms with Gasteiger partial charge in [-0.1, -0.05) is 31.5 Å². The Bertz CT molecular complexity index is 507. The summed E-state index contributed by atoms with van der Waals surface area (Å²) in [4.78, 5) is 4.53. The zero-order chi connectivity index (χ0) is 17.2. The molecule has 1 aliphatic rings. The van der Waals surface area contributed by atoms with E-state index in [-0.39, 0.29) is 0 Å². The van der Waals surface area contributed by atoms with Crippen LogP contribution in [0.4, 0.5) is 0 Å². The van der Waals surface area contributed by atoms with Crippen LogP contribution in [-0.4, -0.2) is 46.6 Å². The smallest absolute Gasteiger partial charge is 0.191 e. The van der Waals surface area contributed by atoms with Gasteiger partial charge in [0.1, 0.15) is 5.82 Å². The van der Waals surface area contributed by atoms with Crippen LogP contribution in [-0.2, 0) is 6.42 Å². The molecule has 0 saturated heterocycles. The largest absolute Gasteiger partial charge is 0.357 e. The first-order chi connectivity index (χ1) is 11.8. The normalized spacial score (nSPS) is 15.9. The van der Waals surface area contributed by atoms with E-state index in [1.165, 1.54) is 25.7 Å². The average molecular weight is 353 g/mol. The molecule has 1 fully saturated rings. The Labute approximate surface area is 150 Å². The molecule has 0 unspecified atom stereocenters. The second-order valence-electron chi connectivity index (χ2n) is 6.20. The number of hydrogen-bond acceptors (Lipinski definition) is 4. The zero-order valence-corrected chi connectivity index (χ0v) is 16.2. The van der Waals surface area contributed by atoms with E-state index in [0.29, 0.717) is 6.04 Å². The van der Waals surface area contributed by atoms with Gasteiger partial charge in [-0.25, -0.2) is 0 Å². The van der Waals surface area contributed by atoms with Crippen molar-refractivity contribution >= 4 is 17.7 Å². The van der Waals surface area contributed by atoms with E-state index in [2.05, 4.69) is 50.5 Å². The maximum atomic E-state index is 4.53. The van der Waals surface area contributed by atoms with Gasteiger partial charge >= 0.3 is 0 Å². The van der Waals surface area contributed by atoms with E-state index in [1.54, 1.807) is 11.8 Å². The highest BCUT2D eigenvalue weighted by Gasteiger charge is 2.23. The molecule has 1 aromatic heterocycles. The van der Waals surface area contributed by atoms with Gasteiger partial charge in [-0.3, -0.25) is 4.99 Å². The molecule has 136 valence electrons. The first-order valence-electron chi connectivity index (χ1n) is 9.30. The predicted molar refractivity (Wildman–Crippen MR) is 102 cm³/mol. The quantitative estimate of drug-likeness (QED) is 0.309. The minimum Gasteiger partial charge on any atom is -0.357 e. The van der Waals surface area contributed by atoms with Crippen LogP contribution < -0.4 is 10.6 Å². The molecule has 1 aromatic rings. The fourth-order valence-corrected chi connectivity index (χ4v) is 3.74. The van der Waals surface area contributed by atoms with Crippen molar-refractivity contribution < 1.29 is 0 Å². The fourth-order valence-electron chi connectivity index (χ4n) is 3.16. The lowest BCUT2D eigenvalue weighted by atomic mass is 10.2. The number of aromatic nitrogens is 3. The van der Waals surface area contributed by atoms with Crippen molar-refractivity contribution in [3.63, 3.8) is 0 Å². The summed E-state index contributed by atoms with van der Waals surface area (Å²) < 4.78 is 2.40. The highest BCUT2D eigenvalue weighted by Crippen LogP contribution is 2.33. The summed E-state index contributed by atoms with van der Waals surface area (Å²) in [5.74, 6) is 2.06. The number of aryl methyl sites for hydroxylation is 1. The third-order valence-corrected chi connectivity index (χ3v) is 4.96. The van der Waals surface area contributed by atoms with Crippen LogP contribution in [0.2, 0.25) is 0 Å². The molecule has 6 nitrogen and oxygen atoms in total. The number of nitrogens with one attached hydrogen (secondary N) is 2. The molecule has 1 heterocycles. The first-order valence-corrected chi connectivity index (χ1v) is 10.5. The van der Waals surface area contributed by atoms with Crippen molar-refractivity contribution in [1.82, 2.24) is 25.4 Å². The Hall–Kier alpha value is -1.24. The van der Waals surface area contributed by atoms with E-state index in [0.717, 1.165) is 55.8 Å². The van der Waals surface area contributed by atoms with Crippen molar-refractivity contribution in [3.8, 4) is 0 Å². The standard InChI is InChI=1S/C17H32N6S/c1-4-12-19-16(18-5-2)20-13-8-11-15-21-22-17(24-3)23(15)14-9-6-7-10-14/h14H,4-13H2,1-3H3,(H2,18,19,20). The molecule has 0 aromatic carbocycles. The number of aliphatic imine (C=N–C) groups is 1. The maximum absolute atomic E-state index is 4.53. The van der Waals surface area contributed by atoms with Gasteiger partial charge in [-0.05, 0) is 38.9 Å². The molecule has 7 heteroatoms. The van der Waals surface area contributed by atoms with Crippen molar-refractivity contribution in [1.29, 1.82) is 0 Å². The van der Waals surface area contributed by atoms with Crippen LogP contribution in [0.25, 0.3) is 0 Å². The van der Waals surface area contributed by atoms with E-state index >= 15 is 0 Å². The Morgan fingerprint density at radius 1 is 1.25 bits per heavy atom. The summed E-state index contributed by atoms with van der Waals surface area (Å²) in [5.41, 5.74) is 0. The van der Waals surface area contributed by atoms with Crippen molar-refractivity contribution in [2.24, 2.45) is 4.99 Å². The van der Waals surface area contributed by atoms with Crippen LogP contribution in [0.15, 0.2) is 10.1 Å². The van der Waals surface area contributed by atoms with Gasteiger partial charge in [-0.15, -0.1) is 10.2 Å². The van der Waals surface area contributed by atoms with Crippen molar-refractivity contribution in [2.45, 2.75) is 70.0 Å². The second kappa shape index (κ2) is 10.6. The molecule has 0 spiro atoms. The summed E-state index contributed by atoms with van der Waals surface area (Å²) >= 11 is 1.71. The SMILES string of the molecule is CCCN=C(NCC)NCCCc1nnc(SC)n1C1CCCC1. The highest BCUT2D eigenvalue weighted by atomic mass is 32.2. The van der Waals surface area contributed by atoms with Crippen LogP contribution in [0, 0.1) is 0 Å². The summed E-state index contributed by atoms with van der Waals surface area (Å²) in [7, 11) is 0. The van der Waals surface area contributed by atoms with Gasteiger partial charge in [0.2, 0.25) is 0 Å². The first kappa shape index (κ1) is 19.1. The summed E-state index contributed by atoms with van der Waals surface area (Å²) in [6.45, 7) is 6.90. The lowest BCUT2D eigenvalue weighted by molar-refractivity contribution is 0.460. The number of rotatable bonds is 9. The van der Waals surface area contributed by atoms with Crippen LogP contribution in [0.5, 0.6) is 0 Å². The predicted octanol–water partition coefficient (Wildman–Crippen LogP) is 3.01. The van der Waals surface area contributed by atoms with Gasteiger partial charge in [0, 0.05) is 32.1 Å². The topological polar surface area (TPSA) is 67.1 Å². The van der Waals surface area contributed by atoms with Gasteiger partial charge in [0.15, 0.2) is 11.1 Å². The maximum Gasteiger partial charge on any atom is 0.191 e. The molecule has 24 heavy (non-hydrogen) atoms. The third kappa shape index (κ3) is 5.40. The Kier molecular flexibility index (Phi) is 8.42. The summed E-state index contributed by atoms with van der Waals surface area (Å²) in [6.07, 6.45) is 10.4. The lowest BCUT2D eigenvalue weighted by Crippen LogP contribution is -2.38. The minimum atomic E-state index is 0.605. The van der Waals surface area contributed by atoms with Crippen LogP contribution in [0.3, 0.4) is 0 Å². The molecule has 1 aliphatic carbocycles.